The van der Waals surface area contributed by atoms with Crippen molar-refractivity contribution < 1.29 is 48.6 Å². The van der Waals surface area contributed by atoms with Gasteiger partial charge in [-0.25, -0.2) is 23.4 Å². The van der Waals surface area contributed by atoms with Crippen LogP contribution in [0.5, 0.6) is 11.5 Å². The van der Waals surface area contributed by atoms with Crippen LogP contribution >= 0.6 is 0 Å². The first kappa shape index (κ1) is 71.1. The molecule has 0 aromatic heterocycles. The van der Waals surface area contributed by atoms with Crippen LogP contribution in [0.4, 0.5) is 0 Å². The number of rotatable bonds is 39. The van der Waals surface area contributed by atoms with Gasteiger partial charge >= 0.3 is 0 Å². The summed E-state index contributed by atoms with van der Waals surface area (Å²) in [6.07, 6.45) is 38.1. The molecule has 22 heteroatoms. The highest BCUT2D eigenvalue weighted by atomic mass is 16.3. The Labute approximate surface area is 462 Å². The number of phenols is 2. The first-order chi connectivity index (χ1) is 37.8. The molecule has 0 saturated heterocycles. The third kappa shape index (κ3) is 43.2. The number of nitrogens with one attached hydrogen (secondary N) is 8. The lowest BCUT2D eigenvalue weighted by Gasteiger charge is -2.08. The summed E-state index contributed by atoms with van der Waals surface area (Å²) in [6, 6.07) is 12.2. The zero-order chi connectivity index (χ0) is 57.7. The van der Waals surface area contributed by atoms with Crippen molar-refractivity contribution >= 4 is 47.3 Å². The number of benzene rings is 2. The average molecular weight is 1100 g/mol. The van der Waals surface area contributed by atoms with Gasteiger partial charge in [-0.15, -0.1) is 0 Å². The van der Waals surface area contributed by atoms with Gasteiger partial charge in [-0.05, 0) is 101 Å². The van der Waals surface area contributed by atoms with E-state index in [1.54, 1.807) is 24.3 Å². The Morgan fingerprint density at radius 2 is 0.538 bits per heavy atom. The van der Waals surface area contributed by atoms with Gasteiger partial charge in [0.15, 0.2) is 0 Å². The van der Waals surface area contributed by atoms with Gasteiger partial charge in [0.05, 0.1) is 11.1 Å². The molecule has 0 fully saturated rings. The second-order valence-electron chi connectivity index (χ2n) is 18.7. The molecule has 0 aliphatic rings. The van der Waals surface area contributed by atoms with Crippen molar-refractivity contribution in [2.75, 3.05) is 0 Å². The highest BCUT2D eigenvalue weighted by molar-refractivity contribution is 5.98. The van der Waals surface area contributed by atoms with E-state index in [1.165, 1.54) is 49.9 Å². The van der Waals surface area contributed by atoms with Crippen molar-refractivity contribution in [2.45, 2.75) is 205 Å². The fourth-order valence-electron chi connectivity index (χ4n) is 7.51. The monoisotopic (exact) mass is 1090 g/mol. The fraction of sp³-hybridized carbons (Fsp3) is 0.571. The minimum Gasteiger partial charge on any atom is -0.507 e. The number of nitrogens with two attached hydrogens (primary N) is 4. The lowest BCUT2D eigenvalue weighted by Crippen LogP contribution is -2.41. The molecule has 8 amide bonds. The van der Waals surface area contributed by atoms with E-state index in [1.807, 2.05) is 0 Å². The molecule has 0 spiro atoms. The number of unbranched alkanes of at least 4 members (excludes halogenated alkanes) is 21. The lowest BCUT2D eigenvalue weighted by molar-refractivity contribution is -0.122. The molecule has 2 rings (SSSR count). The van der Waals surface area contributed by atoms with Gasteiger partial charge in [-0.2, -0.15) is 0 Å². The lowest BCUT2D eigenvalue weighted by atomic mass is 10.1. The maximum Gasteiger partial charge on any atom is 0.273 e. The van der Waals surface area contributed by atoms with E-state index in [9.17, 15) is 48.6 Å². The smallest absolute Gasteiger partial charge is 0.273 e. The van der Waals surface area contributed by atoms with E-state index in [2.05, 4.69) is 67.7 Å². The van der Waals surface area contributed by atoms with Gasteiger partial charge in [-0.1, -0.05) is 138 Å². The third-order valence-electron chi connectivity index (χ3n) is 12.1. The number of para-hydroxylation sites is 2. The molecule has 2 aromatic rings. The molecular weight excluding hydrogens is 1000 g/mol. The number of hydrazine groups is 6. The fourth-order valence-corrected chi connectivity index (χ4v) is 7.51. The molecule has 2 aromatic carbocycles. The van der Waals surface area contributed by atoms with Gasteiger partial charge in [0.1, 0.15) is 11.5 Å². The van der Waals surface area contributed by atoms with Crippen LogP contribution in [0.1, 0.15) is 226 Å². The van der Waals surface area contributed by atoms with Crippen LogP contribution in [0.2, 0.25) is 0 Å². The minimum absolute atomic E-state index is 0.0745. The number of carbonyl (C=O) groups is 8. The van der Waals surface area contributed by atoms with Gasteiger partial charge < -0.3 is 10.2 Å². The average Bonchev–Trinajstić information content (AvgIpc) is 3.45. The second kappa shape index (κ2) is 50.9. The van der Waals surface area contributed by atoms with Gasteiger partial charge in [0.25, 0.3) is 11.8 Å². The number of aromatic hydroxyl groups is 2. The normalized spacial score (nSPS) is 10.6. The molecule has 0 aliphatic heterocycles. The molecule has 438 valence electrons. The van der Waals surface area contributed by atoms with Crippen molar-refractivity contribution in [3.05, 3.63) is 84.0 Å². The van der Waals surface area contributed by atoms with Gasteiger partial charge in [0, 0.05) is 38.5 Å². The molecule has 0 bridgehead atoms. The van der Waals surface area contributed by atoms with Crippen LogP contribution in [-0.4, -0.2) is 57.5 Å². The highest BCUT2D eigenvalue weighted by Crippen LogP contribution is 2.17. The van der Waals surface area contributed by atoms with E-state index in [-0.39, 0.29) is 58.1 Å². The number of amides is 8. The summed E-state index contributed by atoms with van der Waals surface area (Å²) in [7, 11) is 0. The molecule has 78 heavy (non-hydrogen) atoms. The Morgan fingerprint density at radius 3 is 0.808 bits per heavy atom. The Balaban J connectivity index is 0.00000123. The second-order valence-corrected chi connectivity index (χ2v) is 18.7. The molecule has 0 atom stereocenters. The Bertz CT molecular complexity index is 1900. The topological polar surface area (TPSA) is 377 Å². The van der Waals surface area contributed by atoms with Crippen LogP contribution in [0.3, 0.4) is 0 Å². The molecule has 0 unspecified atom stereocenters. The summed E-state index contributed by atoms with van der Waals surface area (Å²) < 4.78 is 0. The zero-order valence-electron chi connectivity index (χ0n) is 46.0. The molecule has 0 heterocycles. The van der Waals surface area contributed by atoms with Crippen molar-refractivity contribution in [1.29, 1.82) is 0 Å². The Hall–Kier alpha value is -6.88. The quantitative estimate of drug-likeness (QED) is 0.0107. The number of carbonyl (C=O) groups excluding carboxylic acids is 8. The molecule has 22 nitrogen and oxygen atoms in total. The van der Waals surface area contributed by atoms with Crippen molar-refractivity contribution in [3.8, 4) is 11.5 Å². The first-order valence-corrected chi connectivity index (χ1v) is 27.8. The summed E-state index contributed by atoms with van der Waals surface area (Å²) >= 11 is 0. The zero-order valence-corrected chi connectivity index (χ0v) is 46.0. The summed E-state index contributed by atoms with van der Waals surface area (Å²) in [6.45, 7) is 0. The van der Waals surface area contributed by atoms with Crippen LogP contribution < -0.4 is 66.8 Å². The number of allylic oxidation sites excluding steroid dienone is 4. The Morgan fingerprint density at radius 1 is 0.308 bits per heavy atom. The molecule has 0 saturated carbocycles. The molecule has 0 radical (unpaired) electrons. The van der Waals surface area contributed by atoms with E-state index in [0.29, 0.717) is 51.4 Å². The largest absolute Gasteiger partial charge is 0.507 e. The highest BCUT2D eigenvalue weighted by Gasteiger charge is 2.13. The van der Waals surface area contributed by atoms with Gasteiger partial charge in [0.2, 0.25) is 35.4 Å². The maximum absolute atomic E-state index is 11.9. The maximum atomic E-state index is 11.9. The van der Waals surface area contributed by atoms with E-state index in [4.69, 9.17) is 23.4 Å². The number of hydrogen-bond acceptors (Lipinski definition) is 14. The predicted octanol–water partition coefficient (Wildman–Crippen LogP) is 6.85. The minimum atomic E-state index is -0.573. The first-order valence-electron chi connectivity index (χ1n) is 27.8. The van der Waals surface area contributed by atoms with Gasteiger partial charge in [-0.3, -0.25) is 81.8 Å². The summed E-state index contributed by atoms with van der Waals surface area (Å²) in [5.41, 5.74) is 18.0. The van der Waals surface area contributed by atoms with Crippen LogP contribution in [0.15, 0.2) is 72.8 Å². The van der Waals surface area contributed by atoms with E-state index < -0.39 is 11.8 Å². The predicted molar refractivity (Wildman–Crippen MR) is 303 cm³/mol. The standard InChI is InChI=1S/C26H34N4O6.C20H38N4O2.C10H22N4O2/c31-21-15-11-9-13-19(21)25(35)29-27-23(33)17-7-5-3-1-2-4-6-8-18-24(34)28-30-26(36)20-14-10-12-16-22(20)32;21-23-19(25)17-15-13-11-9-7-5-3-1-2-4-6-8-10-12-14-16-18-20(26)24-22;11-13-9(15)7-5-3-1-2-4-6-8-10(16)14-12/h9-16,31-32H,1-8,17-18H2,(H,27,33)(H,28,34)(H,29,35)(H,30,36);3-6H,1-2,7-18,21-22H2,(H,23,25)(H,24,26);1-8,11-12H2,(H,13,15)(H,14,16)/b;5-3+,6-4+;. The van der Waals surface area contributed by atoms with Crippen LogP contribution in [-0.2, 0) is 28.8 Å². The summed E-state index contributed by atoms with van der Waals surface area (Å²) in [5, 5.41) is 19.3. The molecule has 18 N–H and O–H groups in total. The number of hydrogen-bond donors (Lipinski definition) is 14. The third-order valence-corrected chi connectivity index (χ3v) is 12.1. The Kier molecular flexibility index (Phi) is 46.4. The van der Waals surface area contributed by atoms with Crippen LogP contribution in [0.25, 0.3) is 0 Å². The van der Waals surface area contributed by atoms with Crippen molar-refractivity contribution in [3.63, 3.8) is 0 Å². The summed E-state index contributed by atoms with van der Waals surface area (Å²) in [5.74, 6) is 17.6. The summed E-state index contributed by atoms with van der Waals surface area (Å²) in [4.78, 5) is 90.9. The van der Waals surface area contributed by atoms with Crippen molar-refractivity contribution in [2.24, 2.45) is 23.4 Å². The SMILES string of the molecule is NNC(=O)CCCCCC/C=C/CC/C=C/CCCCCCC(=O)NN.NNC(=O)CCCCCCCCC(=O)NN.O=C(CCCCCCCCCCC(=O)NNC(=O)c1ccccc1O)NNC(=O)c1ccccc1O. The molecular formula is C56H94N12O10. The van der Waals surface area contributed by atoms with E-state index >= 15 is 0 Å². The number of phenolic OH excluding ortho intramolecular Hbond substituents is 2. The van der Waals surface area contributed by atoms with Crippen LogP contribution in [0, 0.1) is 0 Å². The van der Waals surface area contributed by atoms with Crippen molar-refractivity contribution in [1.82, 2.24) is 43.4 Å². The molecule has 0 aliphatic carbocycles. The van der Waals surface area contributed by atoms with E-state index in [0.717, 1.165) is 128 Å².